The van der Waals surface area contributed by atoms with Crippen molar-refractivity contribution in [1.82, 2.24) is 0 Å². The molecule has 0 N–H and O–H groups in total. The Morgan fingerprint density at radius 2 is 0.814 bits per heavy atom. The van der Waals surface area contributed by atoms with Crippen LogP contribution in [0, 0.1) is 0 Å². The summed E-state index contributed by atoms with van der Waals surface area (Å²) in [4.78, 5) is 0. The van der Waals surface area contributed by atoms with Crippen LogP contribution in [0.15, 0.2) is 177 Å². The fourth-order valence-corrected chi connectivity index (χ4v) is 37.6. The van der Waals surface area contributed by atoms with Gasteiger partial charge in [-0.2, -0.15) is 0 Å². The topological polar surface area (TPSA) is 55.4 Å². The predicted molar refractivity (Wildman–Crippen MR) is 267 cm³/mol. The third kappa shape index (κ3) is 12.6. The number of benzene rings is 3. The molecule has 0 aromatic heterocycles. The summed E-state index contributed by atoms with van der Waals surface area (Å²) < 4.78 is 42.8. The minimum atomic E-state index is -2.93. The molecule has 316 valence electrons. The predicted octanol–water partition coefficient (Wildman–Crippen LogP) is 10.1. The van der Waals surface area contributed by atoms with E-state index >= 15 is 0 Å². The number of rotatable bonds is 25. The zero-order chi connectivity index (χ0) is 43.1. The van der Waals surface area contributed by atoms with Gasteiger partial charge in [-0.15, -0.1) is 46.1 Å². The van der Waals surface area contributed by atoms with Gasteiger partial charge in [0.2, 0.25) is 0 Å². The Hall–Kier alpha value is -2.88. The van der Waals surface area contributed by atoms with E-state index in [4.69, 9.17) is 25.3 Å². The monoisotopic (exact) mass is 912 g/mol. The van der Waals surface area contributed by atoms with Crippen molar-refractivity contribution in [2.75, 3.05) is 13.2 Å². The quantitative estimate of drug-likeness (QED) is 0.0624. The second kappa shape index (κ2) is 21.8. The Morgan fingerprint density at radius 1 is 0.458 bits per heavy atom. The first-order valence-corrected chi connectivity index (χ1v) is 37.3. The van der Waals surface area contributed by atoms with Gasteiger partial charge in [-0.05, 0) is 73.6 Å². The minimum absolute atomic E-state index is 0.527. The van der Waals surface area contributed by atoms with Gasteiger partial charge in [-0.3, -0.25) is 0 Å². The van der Waals surface area contributed by atoms with Crippen molar-refractivity contribution >= 4 is 74.5 Å². The van der Waals surface area contributed by atoms with E-state index in [-0.39, 0.29) is 0 Å². The first-order valence-electron chi connectivity index (χ1n) is 20.9. The van der Waals surface area contributed by atoms with Crippen LogP contribution in [0.2, 0.25) is 50.4 Å². The zero-order valence-corrected chi connectivity index (χ0v) is 43.2. The standard InChI is InChI=1S/C46H68O6Si7/c1-12-53(8)49-54(9,40-28-29-43-57(13-2,14-3)44-32-22-19-23-33-44)51-56(11,42-31-39-48-59(17-6,18-7)46-36-26-21-27-37-46)52-55(10,50-53)41-30-38-47-58(15-4,16-5)45-34-24-20-25-35-45/h12-27,32-37H,1-7,28-31,38-43H2,8-11H3. The molecule has 1 heterocycles. The molecule has 4 atom stereocenters. The highest BCUT2D eigenvalue weighted by Gasteiger charge is 2.56. The van der Waals surface area contributed by atoms with Crippen LogP contribution in [-0.2, 0) is 25.3 Å². The van der Waals surface area contributed by atoms with Gasteiger partial charge < -0.3 is 25.3 Å². The van der Waals surface area contributed by atoms with E-state index in [0.29, 0.717) is 19.3 Å². The lowest BCUT2D eigenvalue weighted by Crippen LogP contribution is -2.67. The van der Waals surface area contributed by atoms with Gasteiger partial charge in [-0.1, -0.05) is 149 Å². The third-order valence-electron chi connectivity index (χ3n) is 11.5. The highest BCUT2D eigenvalue weighted by atomic mass is 28.5. The first kappa shape index (κ1) is 48.8. The molecule has 1 saturated heterocycles. The number of hydrogen-bond acceptors (Lipinski definition) is 6. The van der Waals surface area contributed by atoms with Crippen LogP contribution in [-0.4, -0.2) is 72.2 Å². The van der Waals surface area contributed by atoms with Crippen molar-refractivity contribution < 1.29 is 25.3 Å². The van der Waals surface area contributed by atoms with Gasteiger partial charge in [0.1, 0.15) is 8.07 Å². The third-order valence-corrected chi connectivity index (χ3v) is 39.9. The Morgan fingerprint density at radius 3 is 1.17 bits per heavy atom. The molecule has 3 aromatic carbocycles. The summed E-state index contributed by atoms with van der Waals surface area (Å²) in [7, 11) is -18.9. The van der Waals surface area contributed by atoms with E-state index in [1.54, 1.807) is 0 Å². The molecule has 6 nitrogen and oxygen atoms in total. The number of unbranched alkanes of at least 4 members (excludes halogenated alkanes) is 1. The molecule has 1 aliphatic rings. The van der Waals surface area contributed by atoms with E-state index in [1.807, 2.05) is 64.9 Å². The Bertz CT molecular complexity index is 1750. The van der Waals surface area contributed by atoms with Gasteiger partial charge in [0.15, 0.2) is 0 Å². The summed E-state index contributed by atoms with van der Waals surface area (Å²) in [5.41, 5.74) is 14.0. The lowest BCUT2D eigenvalue weighted by molar-refractivity contribution is 0.221. The van der Waals surface area contributed by atoms with E-state index in [0.717, 1.165) is 54.2 Å². The molecule has 3 aromatic rings. The molecule has 59 heavy (non-hydrogen) atoms. The molecule has 1 fully saturated rings. The minimum Gasteiger partial charge on any atom is -0.416 e. The Labute approximate surface area is 364 Å². The smallest absolute Gasteiger partial charge is 0.343 e. The Kier molecular flexibility index (Phi) is 18.0. The fourth-order valence-electron chi connectivity index (χ4n) is 8.23. The lowest BCUT2D eigenvalue weighted by atomic mass is 10.4. The largest absolute Gasteiger partial charge is 0.416 e. The molecule has 0 bridgehead atoms. The van der Waals surface area contributed by atoms with Crippen LogP contribution < -0.4 is 15.6 Å². The van der Waals surface area contributed by atoms with Crippen LogP contribution in [0.3, 0.4) is 0 Å². The van der Waals surface area contributed by atoms with Crippen molar-refractivity contribution in [2.24, 2.45) is 0 Å². The van der Waals surface area contributed by atoms with Crippen molar-refractivity contribution in [3.05, 3.63) is 177 Å². The molecular weight excluding hydrogens is 845 g/mol. The maximum atomic E-state index is 7.46. The highest BCUT2D eigenvalue weighted by molar-refractivity contribution is 7.00. The summed E-state index contributed by atoms with van der Waals surface area (Å²) >= 11 is 0. The summed E-state index contributed by atoms with van der Waals surface area (Å²) in [6.45, 7) is 39.2. The summed E-state index contributed by atoms with van der Waals surface area (Å²) in [5.74, 6) is 0. The van der Waals surface area contributed by atoms with E-state index in [2.05, 4.69) is 138 Å². The molecule has 1 aliphatic heterocycles. The number of hydrogen-bond donors (Lipinski definition) is 0. The van der Waals surface area contributed by atoms with Crippen LogP contribution in [0.5, 0.6) is 0 Å². The lowest BCUT2D eigenvalue weighted by Gasteiger charge is -2.49. The van der Waals surface area contributed by atoms with Crippen LogP contribution >= 0.6 is 0 Å². The average Bonchev–Trinajstić information content (AvgIpc) is 3.25. The van der Waals surface area contributed by atoms with Gasteiger partial charge in [0.25, 0.3) is 16.6 Å². The maximum absolute atomic E-state index is 7.46. The summed E-state index contributed by atoms with van der Waals surface area (Å²) in [6, 6.07) is 34.6. The van der Waals surface area contributed by atoms with Gasteiger partial charge in [0, 0.05) is 13.2 Å². The average molecular weight is 914 g/mol. The van der Waals surface area contributed by atoms with Gasteiger partial charge in [-0.25, -0.2) is 0 Å². The van der Waals surface area contributed by atoms with E-state index in [9.17, 15) is 0 Å². The maximum Gasteiger partial charge on any atom is 0.343 e. The van der Waals surface area contributed by atoms with Crippen LogP contribution in [0.4, 0.5) is 0 Å². The molecule has 0 saturated carbocycles. The van der Waals surface area contributed by atoms with Gasteiger partial charge in [0.05, 0.1) is 0 Å². The van der Waals surface area contributed by atoms with Crippen LogP contribution in [0.1, 0.15) is 25.7 Å². The fraction of sp³-hybridized carbons (Fsp3) is 0.304. The van der Waals surface area contributed by atoms with E-state index in [1.165, 1.54) is 5.19 Å². The van der Waals surface area contributed by atoms with E-state index < -0.39 is 59.0 Å². The SMILES string of the molecule is C=C[Si]1(C)O[Si](C)(CCCC[Si](C=C)(C=C)c2ccccc2)O[Si](C)(CCCO[Si](C=C)(C=C)c2ccccc2)O[Si](C)(CCCO[Si](C=C)(C=C)c2ccccc2)O1. The van der Waals surface area contributed by atoms with Crippen molar-refractivity contribution in [2.45, 2.75) is 76.0 Å². The second-order valence-corrected chi connectivity index (χ2v) is 40.6. The molecule has 0 amide bonds. The molecule has 0 radical (unpaired) electrons. The van der Waals surface area contributed by atoms with Crippen molar-refractivity contribution in [3.8, 4) is 0 Å². The zero-order valence-electron chi connectivity index (χ0n) is 36.2. The molecule has 0 spiro atoms. The Balaban J connectivity index is 1.56. The first-order chi connectivity index (χ1) is 28.2. The molecule has 4 rings (SSSR count). The van der Waals surface area contributed by atoms with Crippen molar-refractivity contribution in [3.63, 3.8) is 0 Å². The molecule has 13 heteroatoms. The van der Waals surface area contributed by atoms with Gasteiger partial charge >= 0.3 is 34.2 Å². The molecular formula is C46H68O6Si7. The van der Waals surface area contributed by atoms with Crippen molar-refractivity contribution in [1.29, 1.82) is 0 Å². The highest BCUT2D eigenvalue weighted by Crippen LogP contribution is 2.38. The summed E-state index contributed by atoms with van der Waals surface area (Å²) in [5, 5.41) is 3.59. The normalized spacial score (nSPS) is 23.9. The van der Waals surface area contributed by atoms with Crippen LogP contribution in [0.25, 0.3) is 0 Å². The summed E-state index contributed by atoms with van der Waals surface area (Å²) in [6.07, 6.45) is 3.48. The molecule has 0 aliphatic carbocycles. The molecule has 4 unspecified atom stereocenters. The second-order valence-electron chi connectivity index (χ2n) is 16.1.